The van der Waals surface area contributed by atoms with Gasteiger partial charge in [-0.1, -0.05) is 50.6 Å². The molecule has 114 valence electrons. The van der Waals surface area contributed by atoms with Gasteiger partial charge in [0.05, 0.1) is 22.5 Å². The lowest BCUT2D eigenvalue weighted by molar-refractivity contribution is 0.0896. The van der Waals surface area contributed by atoms with Crippen LogP contribution >= 0.6 is 11.6 Å². The van der Waals surface area contributed by atoms with E-state index in [9.17, 15) is 5.11 Å². The van der Waals surface area contributed by atoms with E-state index in [-0.39, 0.29) is 6.10 Å². The molecule has 1 aromatic rings. The highest BCUT2D eigenvalue weighted by molar-refractivity contribution is 6.31. The summed E-state index contributed by atoms with van der Waals surface area (Å²) in [6.45, 7) is 2.06. The Hall–Kier alpha value is -0.540. The van der Waals surface area contributed by atoms with Gasteiger partial charge in [0, 0.05) is 13.5 Å². The molecule has 0 aromatic carbocycles. The zero-order chi connectivity index (χ0) is 14.5. The summed E-state index contributed by atoms with van der Waals surface area (Å²) in [5, 5.41) is 15.8. The zero-order valence-electron chi connectivity index (χ0n) is 12.7. The lowest BCUT2D eigenvalue weighted by atomic mass is 9.85. The minimum atomic E-state index is -0.286. The van der Waals surface area contributed by atoms with Crippen molar-refractivity contribution in [3.8, 4) is 0 Å². The minimum Gasteiger partial charge on any atom is -0.392 e. The average molecular weight is 299 g/mol. The van der Waals surface area contributed by atoms with Crippen molar-refractivity contribution in [2.24, 2.45) is 13.0 Å². The van der Waals surface area contributed by atoms with Gasteiger partial charge in [0.2, 0.25) is 0 Å². The molecule has 4 heteroatoms. The fraction of sp³-hybridized carbons (Fsp3) is 0.812. The Bertz CT molecular complexity index is 422. The van der Waals surface area contributed by atoms with Gasteiger partial charge in [-0.15, -0.1) is 0 Å². The molecule has 20 heavy (non-hydrogen) atoms. The number of aliphatic hydroxyl groups excluding tert-OH is 1. The molecular formula is C16H27ClN2O. The van der Waals surface area contributed by atoms with Crippen LogP contribution in [0, 0.1) is 5.92 Å². The molecule has 1 fully saturated rings. The maximum atomic E-state index is 10.6. The van der Waals surface area contributed by atoms with Crippen molar-refractivity contribution in [1.82, 2.24) is 9.78 Å². The van der Waals surface area contributed by atoms with E-state index in [0.717, 1.165) is 35.7 Å². The quantitative estimate of drug-likeness (QED) is 0.915. The summed E-state index contributed by atoms with van der Waals surface area (Å²) in [7, 11) is 1.92. The summed E-state index contributed by atoms with van der Waals surface area (Å²) in [5.41, 5.74) is 1.92. The second-order valence-corrected chi connectivity index (χ2v) is 6.44. The summed E-state index contributed by atoms with van der Waals surface area (Å²) in [6, 6.07) is 0. The van der Waals surface area contributed by atoms with Gasteiger partial charge in [0.25, 0.3) is 0 Å². The lowest BCUT2D eigenvalue weighted by Crippen LogP contribution is -2.25. The molecule has 1 aliphatic carbocycles. The van der Waals surface area contributed by atoms with E-state index in [2.05, 4.69) is 12.0 Å². The number of aryl methyl sites for hydroxylation is 2. The van der Waals surface area contributed by atoms with Gasteiger partial charge in [0.1, 0.15) is 0 Å². The molecule has 1 heterocycles. The number of rotatable bonds is 4. The monoisotopic (exact) mass is 298 g/mol. The lowest BCUT2D eigenvalue weighted by Gasteiger charge is -2.25. The van der Waals surface area contributed by atoms with Crippen LogP contribution in [-0.4, -0.2) is 21.0 Å². The second-order valence-electron chi connectivity index (χ2n) is 6.06. The van der Waals surface area contributed by atoms with Crippen molar-refractivity contribution >= 4 is 11.6 Å². The maximum absolute atomic E-state index is 10.6. The van der Waals surface area contributed by atoms with Gasteiger partial charge in [0.15, 0.2) is 0 Å². The number of aromatic nitrogens is 2. The highest BCUT2D eigenvalue weighted by Crippen LogP contribution is 2.29. The smallest absolute Gasteiger partial charge is 0.0850 e. The standard InChI is InChI=1S/C16H27ClN2O/c1-3-13-16(17)14(19(2)18-13)11-15(20)12-9-7-5-4-6-8-10-12/h12,15,20H,3-11H2,1-2H3. The van der Waals surface area contributed by atoms with Crippen molar-refractivity contribution in [2.45, 2.75) is 70.8 Å². The van der Waals surface area contributed by atoms with Crippen molar-refractivity contribution in [3.63, 3.8) is 0 Å². The summed E-state index contributed by atoms with van der Waals surface area (Å²) < 4.78 is 1.84. The molecule has 1 N–H and O–H groups in total. The molecule has 2 rings (SSSR count). The zero-order valence-corrected chi connectivity index (χ0v) is 13.5. The highest BCUT2D eigenvalue weighted by atomic mass is 35.5. The molecule has 1 atom stereocenters. The Balaban J connectivity index is 2.02. The number of hydrogen-bond acceptors (Lipinski definition) is 2. The molecule has 0 radical (unpaired) electrons. The Labute approximate surface area is 127 Å². The predicted molar refractivity (Wildman–Crippen MR) is 83.1 cm³/mol. The Kier molecular flexibility index (Phi) is 5.91. The summed E-state index contributed by atoms with van der Waals surface area (Å²) >= 11 is 6.38. The maximum Gasteiger partial charge on any atom is 0.0850 e. The third-order valence-electron chi connectivity index (χ3n) is 4.60. The van der Waals surface area contributed by atoms with Gasteiger partial charge in [-0.25, -0.2) is 0 Å². The molecule has 0 saturated heterocycles. The summed E-state index contributed by atoms with van der Waals surface area (Å²) in [5.74, 6) is 0.423. The van der Waals surface area contributed by atoms with Crippen molar-refractivity contribution in [2.75, 3.05) is 0 Å². The van der Waals surface area contributed by atoms with Crippen LogP contribution in [0.15, 0.2) is 0 Å². The Morgan fingerprint density at radius 1 is 1.25 bits per heavy atom. The molecule has 1 aliphatic rings. The van der Waals surface area contributed by atoms with Gasteiger partial charge in [-0.05, 0) is 25.2 Å². The highest BCUT2D eigenvalue weighted by Gasteiger charge is 2.23. The van der Waals surface area contributed by atoms with E-state index in [1.54, 1.807) is 0 Å². The first-order valence-electron chi connectivity index (χ1n) is 8.01. The molecule has 0 aliphatic heterocycles. The first-order valence-corrected chi connectivity index (χ1v) is 8.39. The molecule has 1 saturated carbocycles. The second kappa shape index (κ2) is 7.46. The Morgan fingerprint density at radius 2 is 1.85 bits per heavy atom. The molecule has 1 unspecified atom stereocenters. The van der Waals surface area contributed by atoms with E-state index < -0.39 is 0 Å². The number of aliphatic hydroxyl groups is 1. The first kappa shape index (κ1) is 15.8. The van der Waals surface area contributed by atoms with E-state index in [1.807, 2.05) is 11.7 Å². The third kappa shape index (κ3) is 3.76. The van der Waals surface area contributed by atoms with Crippen molar-refractivity contribution in [1.29, 1.82) is 0 Å². The molecule has 3 nitrogen and oxygen atoms in total. The number of hydrogen-bond donors (Lipinski definition) is 1. The largest absolute Gasteiger partial charge is 0.392 e. The Morgan fingerprint density at radius 3 is 2.40 bits per heavy atom. The topological polar surface area (TPSA) is 38.0 Å². The van der Waals surface area contributed by atoms with Crippen LogP contribution in [-0.2, 0) is 19.9 Å². The molecule has 0 bridgehead atoms. The van der Waals surface area contributed by atoms with Crippen LogP contribution in [0.25, 0.3) is 0 Å². The van der Waals surface area contributed by atoms with Crippen LogP contribution < -0.4 is 0 Å². The third-order valence-corrected chi connectivity index (χ3v) is 5.04. The first-order chi connectivity index (χ1) is 9.63. The SMILES string of the molecule is CCc1nn(C)c(CC(O)C2CCCCCCC2)c1Cl. The average Bonchev–Trinajstić information content (AvgIpc) is 2.65. The van der Waals surface area contributed by atoms with Crippen LogP contribution in [0.2, 0.25) is 5.02 Å². The molecular weight excluding hydrogens is 272 g/mol. The van der Waals surface area contributed by atoms with Gasteiger partial charge in [-0.3, -0.25) is 4.68 Å². The van der Waals surface area contributed by atoms with E-state index in [0.29, 0.717) is 12.3 Å². The van der Waals surface area contributed by atoms with E-state index in [4.69, 9.17) is 11.6 Å². The number of halogens is 1. The summed E-state index contributed by atoms with van der Waals surface area (Å²) in [6.07, 6.45) is 9.97. The molecule has 0 amide bonds. The molecule has 1 aromatic heterocycles. The fourth-order valence-corrected chi connectivity index (χ4v) is 3.65. The van der Waals surface area contributed by atoms with Crippen molar-refractivity contribution < 1.29 is 5.11 Å². The normalized spacial score (nSPS) is 19.6. The van der Waals surface area contributed by atoms with Crippen LogP contribution in [0.5, 0.6) is 0 Å². The van der Waals surface area contributed by atoms with Crippen molar-refractivity contribution in [3.05, 3.63) is 16.4 Å². The van der Waals surface area contributed by atoms with Gasteiger partial charge in [-0.2, -0.15) is 5.10 Å². The van der Waals surface area contributed by atoms with E-state index in [1.165, 1.54) is 32.1 Å². The predicted octanol–water partition coefficient (Wildman–Crippen LogP) is 3.90. The minimum absolute atomic E-state index is 0.286. The fourth-order valence-electron chi connectivity index (χ4n) is 3.28. The van der Waals surface area contributed by atoms with Crippen LogP contribution in [0.1, 0.15) is 63.3 Å². The van der Waals surface area contributed by atoms with Crippen LogP contribution in [0.3, 0.4) is 0 Å². The van der Waals surface area contributed by atoms with Gasteiger partial charge >= 0.3 is 0 Å². The number of nitrogens with zero attached hydrogens (tertiary/aromatic N) is 2. The summed E-state index contributed by atoms with van der Waals surface area (Å²) in [4.78, 5) is 0. The molecule has 0 spiro atoms. The van der Waals surface area contributed by atoms with Gasteiger partial charge < -0.3 is 5.11 Å². The van der Waals surface area contributed by atoms with Crippen LogP contribution in [0.4, 0.5) is 0 Å². The van der Waals surface area contributed by atoms with E-state index >= 15 is 0 Å².